The zero-order chi connectivity index (χ0) is 15.6. The van der Waals surface area contributed by atoms with Gasteiger partial charge in [-0.05, 0) is 35.9 Å². The number of nitrogens with one attached hydrogen (secondary N) is 1. The van der Waals surface area contributed by atoms with Crippen molar-refractivity contribution in [3.63, 3.8) is 0 Å². The molecule has 0 fully saturated rings. The summed E-state index contributed by atoms with van der Waals surface area (Å²) in [5, 5.41) is 3.37. The van der Waals surface area contributed by atoms with Crippen LogP contribution in [0.4, 0.5) is 23.2 Å². The van der Waals surface area contributed by atoms with E-state index in [-0.39, 0.29) is 12.2 Å². The normalized spacial score (nSPS) is 11.5. The average molecular weight is 383 g/mol. The van der Waals surface area contributed by atoms with Gasteiger partial charge in [0.05, 0.1) is 5.56 Å². The van der Waals surface area contributed by atoms with E-state index < -0.39 is 17.6 Å². The maximum Gasteiger partial charge on any atom is 0.419 e. The molecule has 0 aliphatic heterocycles. The Morgan fingerprint density at radius 1 is 1.10 bits per heavy atom. The van der Waals surface area contributed by atoms with Crippen LogP contribution in [0, 0.1) is 5.82 Å². The van der Waals surface area contributed by atoms with Crippen LogP contribution in [0.25, 0.3) is 0 Å². The van der Waals surface area contributed by atoms with E-state index in [1.807, 2.05) is 0 Å². The molecule has 2 aromatic carbocycles. The predicted octanol–water partition coefficient (Wildman–Crippen LogP) is 5.87. The highest BCUT2D eigenvalue weighted by Gasteiger charge is 2.34. The maximum absolute atomic E-state index is 13.2. The van der Waals surface area contributed by atoms with E-state index in [0.29, 0.717) is 5.02 Å². The molecule has 1 nitrogen and oxygen atoms in total. The molecule has 7 heteroatoms. The van der Waals surface area contributed by atoms with Crippen molar-refractivity contribution in [3.8, 4) is 0 Å². The largest absolute Gasteiger partial charge is 0.419 e. The molecule has 0 bridgehead atoms. The van der Waals surface area contributed by atoms with Crippen molar-refractivity contribution in [1.82, 2.24) is 0 Å². The quantitative estimate of drug-likeness (QED) is 0.654. The Bertz CT molecular complexity index is 658. The minimum atomic E-state index is -4.72. The van der Waals surface area contributed by atoms with Gasteiger partial charge in [0.25, 0.3) is 0 Å². The fraction of sp³-hybridized carbons (Fsp3) is 0.143. The standard InChI is InChI=1S/C14H9BrClF4N/c15-12-5-9(16)2-1-8(12)7-21-10-3-4-13(17)11(6-10)14(18,19)20/h1-6,21H,7H2. The van der Waals surface area contributed by atoms with E-state index >= 15 is 0 Å². The molecule has 0 unspecified atom stereocenters. The van der Waals surface area contributed by atoms with Crippen molar-refractivity contribution in [1.29, 1.82) is 0 Å². The van der Waals surface area contributed by atoms with Gasteiger partial charge >= 0.3 is 6.18 Å². The van der Waals surface area contributed by atoms with Gasteiger partial charge in [0.2, 0.25) is 0 Å². The lowest BCUT2D eigenvalue weighted by atomic mass is 10.1. The van der Waals surface area contributed by atoms with Crippen molar-refractivity contribution in [3.05, 3.63) is 62.8 Å². The van der Waals surface area contributed by atoms with Crippen LogP contribution in [0.5, 0.6) is 0 Å². The Morgan fingerprint density at radius 3 is 2.43 bits per heavy atom. The Labute approximate surface area is 132 Å². The highest BCUT2D eigenvalue weighted by atomic mass is 79.9. The van der Waals surface area contributed by atoms with Crippen molar-refractivity contribution < 1.29 is 17.6 Å². The van der Waals surface area contributed by atoms with Crippen LogP contribution in [-0.4, -0.2) is 0 Å². The van der Waals surface area contributed by atoms with Gasteiger partial charge in [-0.25, -0.2) is 4.39 Å². The first-order chi connectivity index (χ1) is 9.77. The molecule has 0 atom stereocenters. The molecular formula is C14H9BrClF4N. The molecule has 2 rings (SSSR count). The lowest BCUT2D eigenvalue weighted by molar-refractivity contribution is -0.139. The summed E-state index contributed by atoms with van der Waals surface area (Å²) >= 11 is 9.12. The van der Waals surface area contributed by atoms with Crippen molar-refractivity contribution in [2.75, 3.05) is 5.32 Å². The number of rotatable bonds is 3. The molecule has 0 amide bonds. The molecule has 0 heterocycles. The topological polar surface area (TPSA) is 12.0 Å². The number of halogens is 6. The molecule has 0 spiro atoms. The van der Waals surface area contributed by atoms with Crippen LogP contribution in [0.1, 0.15) is 11.1 Å². The van der Waals surface area contributed by atoms with Gasteiger partial charge in [-0.15, -0.1) is 0 Å². The first-order valence-corrected chi connectivity index (χ1v) is 6.99. The molecule has 112 valence electrons. The molecule has 0 saturated heterocycles. The van der Waals surface area contributed by atoms with Crippen molar-refractivity contribution >= 4 is 33.2 Å². The molecule has 0 radical (unpaired) electrons. The monoisotopic (exact) mass is 381 g/mol. The van der Waals surface area contributed by atoms with Crippen LogP contribution in [0.3, 0.4) is 0 Å². The number of hydrogen-bond acceptors (Lipinski definition) is 1. The lowest BCUT2D eigenvalue weighted by Crippen LogP contribution is -2.09. The zero-order valence-corrected chi connectivity index (χ0v) is 12.8. The average Bonchev–Trinajstić information content (AvgIpc) is 2.38. The van der Waals surface area contributed by atoms with Gasteiger partial charge in [0.1, 0.15) is 5.82 Å². The van der Waals surface area contributed by atoms with Gasteiger partial charge < -0.3 is 5.32 Å². The third-order valence-corrected chi connectivity index (χ3v) is 3.74. The van der Waals surface area contributed by atoms with Crippen LogP contribution in [-0.2, 0) is 12.7 Å². The van der Waals surface area contributed by atoms with Gasteiger partial charge in [0, 0.05) is 21.7 Å². The third-order valence-electron chi connectivity index (χ3n) is 2.77. The van der Waals surface area contributed by atoms with Gasteiger partial charge in [-0.2, -0.15) is 13.2 Å². The van der Waals surface area contributed by atoms with Gasteiger partial charge in [-0.3, -0.25) is 0 Å². The SMILES string of the molecule is Fc1ccc(NCc2ccc(Cl)cc2Br)cc1C(F)(F)F. The fourth-order valence-corrected chi connectivity index (χ4v) is 2.54. The maximum atomic E-state index is 13.2. The summed E-state index contributed by atoms with van der Waals surface area (Å²) in [5.74, 6) is -1.29. The second kappa shape index (κ2) is 6.23. The summed E-state index contributed by atoms with van der Waals surface area (Å²) in [4.78, 5) is 0. The second-order valence-corrected chi connectivity index (χ2v) is 5.57. The minimum absolute atomic E-state index is 0.186. The molecular weight excluding hydrogens is 374 g/mol. The summed E-state index contributed by atoms with van der Waals surface area (Å²) in [7, 11) is 0. The van der Waals surface area contributed by atoms with Crippen LogP contribution < -0.4 is 5.32 Å². The number of hydrogen-bond donors (Lipinski definition) is 1. The molecule has 0 saturated carbocycles. The fourth-order valence-electron chi connectivity index (χ4n) is 1.71. The zero-order valence-electron chi connectivity index (χ0n) is 10.4. The summed E-state index contributed by atoms with van der Waals surface area (Å²) in [6, 6.07) is 7.91. The Balaban J connectivity index is 2.17. The molecule has 0 aliphatic rings. The first kappa shape index (κ1) is 16.1. The number of benzene rings is 2. The Kier molecular flexibility index (Phi) is 4.78. The first-order valence-electron chi connectivity index (χ1n) is 5.82. The van der Waals surface area contributed by atoms with Crippen LogP contribution in [0.15, 0.2) is 40.9 Å². The molecule has 2 aromatic rings. The summed E-state index contributed by atoms with van der Waals surface area (Å²) in [6.07, 6.45) is -4.72. The van der Waals surface area contributed by atoms with E-state index in [2.05, 4.69) is 21.2 Å². The summed E-state index contributed by atoms with van der Waals surface area (Å²) in [6.45, 7) is 0.278. The van der Waals surface area contributed by atoms with Gasteiger partial charge in [-0.1, -0.05) is 33.6 Å². The number of anilines is 1. The minimum Gasteiger partial charge on any atom is -0.381 e. The lowest BCUT2D eigenvalue weighted by Gasteiger charge is -2.12. The Hall–Kier alpha value is -1.27. The highest BCUT2D eigenvalue weighted by Crippen LogP contribution is 2.33. The van der Waals surface area contributed by atoms with Gasteiger partial charge in [0.15, 0.2) is 0 Å². The van der Waals surface area contributed by atoms with E-state index in [1.165, 1.54) is 6.07 Å². The third kappa shape index (κ3) is 4.11. The van der Waals surface area contributed by atoms with E-state index in [4.69, 9.17) is 11.6 Å². The highest BCUT2D eigenvalue weighted by molar-refractivity contribution is 9.10. The van der Waals surface area contributed by atoms with E-state index in [1.54, 1.807) is 18.2 Å². The van der Waals surface area contributed by atoms with Crippen molar-refractivity contribution in [2.24, 2.45) is 0 Å². The van der Waals surface area contributed by atoms with E-state index in [0.717, 1.165) is 22.2 Å². The second-order valence-electron chi connectivity index (χ2n) is 4.28. The molecule has 0 aromatic heterocycles. The Morgan fingerprint density at radius 2 is 1.81 bits per heavy atom. The molecule has 21 heavy (non-hydrogen) atoms. The molecule has 0 aliphatic carbocycles. The van der Waals surface area contributed by atoms with Crippen LogP contribution >= 0.6 is 27.5 Å². The van der Waals surface area contributed by atoms with Crippen molar-refractivity contribution in [2.45, 2.75) is 12.7 Å². The van der Waals surface area contributed by atoms with E-state index in [9.17, 15) is 17.6 Å². The van der Waals surface area contributed by atoms with Crippen LogP contribution in [0.2, 0.25) is 5.02 Å². The summed E-state index contributed by atoms with van der Waals surface area (Å²) < 4.78 is 51.7. The summed E-state index contributed by atoms with van der Waals surface area (Å²) in [5.41, 5.74) is -0.287. The predicted molar refractivity (Wildman–Crippen MR) is 77.9 cm³/mol. The number of alkyl halides is 3. The molecule has 1 N–H and O–H groups in total. The smallest absolute Gasteiger partial charge is 0.381 e.